The largest absolute Gasteiger partial charge is 0.477 e. The summed E-state index contributed by atoms with van der Waals surface area (Å²) < 4.78 is 0. The number of aromatic nitrogens is 2. The summed E-state index contributed by atoms with van der Waals surface area (Å²) in [5, 5.41) is 18.6. The Labute approximate surface area is 128 Å². The molecule has 0 amide bonds. The summed E-state index contributed by atoms with van der Waals surface area (Å²) in [6, 6.07) is 0. The first-order valence-corrected chi connectivity index (χ1v) is 7.23. The molecule has 0 bridgehead atoms. The molecule has 0 spiro atoms. The number of H-pyrrole nitrogens is 2. The smallest absolute Gasteiger partial charge is 0.352 e. The van der Waals surface area contributed by atoms with Gasteiger partial charge in [-0.25, -0.2) is 9.59 Å². The van der Waals surface area contributed by atoms with Crippen LogP contribution in [0.2, 0.25) is 0 Å². The van der Waals surface area contributed by atoms with E-state index < -0.39 is 11.9 Å². The van der Waals surface area contributed by atoms with E-state index in [4.69, 9.17) is 0 Å². The number of hydrogen-bond donors (Lipinski definition) is 4. The molecule has 0 aliphatic rings. The summed E-state index contributed by atoms with van der Waals surface area (Å²) in [4.78, 5) is 28.6. The minimum atomic E-state index is -1.02. The molecule has 0 unspecified atom stereocenters. The monoisotopic (exact) mass is 304 g/mol. The molecule has 2 aromatic heterocycles. The molecular formula is C16H20N2O4. The summed E-state index contributed by atoms with van der Waals surface area (Å²) in [5.41, 5.74) is 4.81. The van der Waals surface area contributed by atoms with Gasteiger partial charge in [-0.05, 0) is 48.9 Å². The predicted octanol–water partition coefficient (Wildman–Crippen LogP) is 3.15. The summed E-state index contributed by atoms with van der Waals surface area (Å²) in [7, 11) is 0. The molecule has 0 aromatic carbocycles. The summed E-state index contributed by atoms with van der Waals surface area (Å²) in [6.07, 6.45) is 1.32. The topological polar surface area (TPSA) is 106 Å². The zero-order chi connectivity index (χ0) is 16.6. The van der Waals surface area contributed by atoms with Crippen LogP contribution in [0.3, 0.4) is 0 Å². The van der Waals surface area contributed by atoms with Crippen molar-refractivity contribution in [3.63, 3.8) is 0 Å². The van der Waals surface area contributed by atoms with Gasteiger partial charge in [0.2, 0.25) is 0 Å². The lowest BCUT2D eigenvalue weighted by molar-refractivity contribution is 0.0679. The molecule has 0 aliphatic heterocycles. The average Bonchev–Trinajstić information content (AvgIpc) is 2.95. The fraction of sp³-hybridized carbons (Fsp3) is 0.375. The van der Waals surface area contributed by atoms with Gasteiger partial charge in [0.15, 0.2) is 0 Å². The van der Waals surface area contributed by atoms with E-state index in [2.05, 4.69) is 9.97 Å². The second-order valence-electron chi connectivity index (χ2n) is 5.27. The Bertz CT molecular complexity index is 689. The molecule has 4 N–H and O–H groups in total. The normalized spacial score (nSPS) is 10.9. The molecule has 0 saturated carbocycles. The van der Waals surface area contributed by atoms with Gasteiger partial charge in [0.1, 0.15) is 11.4 Å². The van der Waals surface area contributed by atoms with Gasteiger partial charge in [-0.15, -0.1) is 0 Å². The van der Waals surface area contributed by atoms with E-state index in [0.29, 0.717) is 35.4 Å². The Hall–Kier alpha value is -2.50. The van der Waals surface area contributed by atoms with E-state index in [1.54, 1.807) is 13.8 Å². The SMILES string of the molecule is CCc1c(-c2[nH]c(C(=O)O)c(C)c2CC)[nH]c(C(=O)O)c1C. The van der Waals surface area contributed by atoms with Gasteiger partial charge in [-0.3, -0.25) is 0 Å². The van der Waals surface area contributed by atoms with Crippen LogP contribution in [0.15, 0.2) is 0 Å². The third kappa shape index (κ3) is 2.30. The fourth-order valence-electron chi connectivity index (χ4n) is 3.00. The lowest BCUT2D eigenvalue weighted by atomic mass is 10.0. The second kappa shape index (κ2) is 5.71. The van der Waals surface area contributed by atoms with Crippen LogP contribution >= 0.6 is 0 Å². The highest BCUT2D eigenvalue weighted by atomic mass is 16.4. The zero-order valence-electron chi connectivity index (χ0n) is 13.1. The highest BCUT2D eigenvalue weighted by Gasteiger charge is 2.24. The molecule has 0 radical (unpaired) electrons. The Balaban J connectivity index is 2.76. The summed E-state index contributed by atoms with van der Waals surface area (Å²) in [5.74, 6) is -2.03. The standard InChI is InChI=1S/C16H20N2O4/c1-5-9-7(3)11(15(19)20)17-13(9)14-10(6-2)8(4)12(18-14)16(21)22/h17-18H,5-6H2,1-4H3,(H,19,20)(H,21,22). The van der Waals surface area contributed by atoms with Gasteiger partial charge < -0.3 is 20.2 Å². The predicted molar refractivity (Wildman–Crippen MR) is 82.7 cm³/mol. The summed E-state index contributed by atoms with van der Waals surface area (Å²) >= 11 is 0. The highest BCUT2D eigenvalue weighted by Crippen LogP contribution is 2.33. The lowest BCUT2D eigenvalue weighted by Crippen LogP contribution is -1.99. The number of carbonyl (C=O) groups is 2. The molecule has 6 heteroatoms. The van der Waals surface area contributed by atoms with Crippen molar-refractivity contribution < 1.29 is 19.8 Å². The van der Waals surface area contributed by atoms with E-state index in [9.17, 15) is 19.8 Å². The van der Waals surface area contributed by atoms with Crippen LogP contribution in [0.1, 0.15) is 57.1 Å². The highest BCUT2D eigenvalue weighted by molar-refractivity contribution is 5.92. The molecule has 6 nitrogen and oxygen atoms in total. The van der Waals surface area contributed by atoms with Crippen LogP contribution in [-0.2, 0) is 12.8 Å². The average molecular weight is 304 g/mol. The molecule has 0 fully saturated rings. The van der Waals surface area contributed by atoms with Crippen molar-refractivity contribution in [1.29, 1.82) is 0 Å². The molecule has 2 heterocycles. The fourth-order valence-corrected chi connectivity index (χ4v) is 3.00. The molecule has 0 aliphatic carbocycles. The Morgan fingerprint density at radius 2 is 1.14 bits per heavy atom. The quantitative estimate of drug-likeness (QED) is 0.680. The minimum absolute atomic E-state index is 0.151. The van der Waals surface area contributed by atoms with E-state index in [1.807, 2.05) is 13.8 Å². The number of carboxylic acid groups (broad SMARTS) is 2. The third-order valence-electron chi connectivity index (χ3n) is 4.14. The van der Waals surface area contributed by atoms with Crippen molar-refractivity contribution in [2.45, 2.75) is 40.5 Å². The van der Waals surface area contributed by atoms with Crippen molar-refractivity contribution in [1.82, 2.24) is 9.97 Å². The van der Waals surface area contributed by atoms with E-state index in [-0.39, 0.29) is 11.4 Å². The van der Waals surface area contributed by atoms with Gasteiger partial charge >= 0.3 is 11.9 Å². The van der Waals surface area contributed by atoms with Crippen LogP contribution in [0.5, 0.6) is 0 Å². The maximum Gasteiger partial charge on any atom is 0.352 e. The maximum atomic E-state index is 11.3. The zero-order valence-corrected chi connectivity index (χ0v) is 13.1. The number of hydrogen-bond acceptors (Lipinski definition) is 2. The Morgan fingerprint density at radius 3 is 1.36 bits per heavy atom. The van der Waals surface area contributed by atoms with E-state index in [0.717, 1.165) is 11.1 Å². The van der Waals surface area contributed by atoms with Crippen molar-refractivity contribution in [3.8, 4) is 11.4 Å². The molecular weight excluding hydrogens is 284 g/mol. The van der Waals surface area contributed by atoms with Crippen LogP contribution in [0.25, 0.3) is 11.4 Å². The number of aromatic carboxylic acids is 2. The number of carboxylic acids is 2. The van der Waals surface area contributed by atoms with Crippen molar-refractivity contribution in [3.05, 3.63) is 33.6 Å². The van der Waals surface area contributed by atoms with E-state index >= 15 is 0 Å². The molecule has 22 heavy (non-hydrogen) atoms. The number of nitrogens with one attached hydrogen (secondary N) is 2. The Morgan fingerprint density at radius 1 is 0.818 bits per heavy atom. The molecule has 0 saturated heterocycles. The van der Waals surface area contributed by atoms with Gasteiger partial charge in [-0.1, -0.05) is 13.8 Å². The maximum absolute atomic E-state index is 11.3. The Kier molecular flexibility index (Phi) is 4.12. The first-order chi connectivity index (χ1) is 10.3. The molecule has 118 valence electrons. The first-order valence-electron chi connectivity index (χ1n) is 7.23. The lowest BCUT2D eigenvalue weighted by Gasteiger charge is -2.04. The molecule has 2 rings (SSSR count). The minimum Gasteiger partial charge on any atom is -0.477 e. The number of aromatic amines is 2. The summed E-state index contributed by atoms with van der Waals surface area (Å²) in [6.45, 7) is 7.43. The van der Waals surface area contributed by atoms with Crippen LogP contribution in [0.4, 0.5) is 0 Å². The first kappa shape index (κ1) is 15.9. The van der Waals surface area contributed by atoms with Crippen molar-refractivity contribution in [2.75, 3.05) is 0 Å². The van der Waals surface area contributed by atoms with Crippen LogP contribution < -0.4 is 0 Å². The van der Waals surface area contributed by atoms with E-state index in [1.165, 1.54) is 0 Å². The molecule has 2 aromatic rings. The van der Waals surface area contributed by atoms with Gasteiger partial charge in [-0.2, -0.15) is 0 Å². The van der Waals surface area contributed by atoms with Crippen molar-refractivity contribution >= 4 is 11.9 Å². The van der Waals surface area contributed by atoms with Gasteiger partial charge in [0.25, 0.3) is 0 Å². The van der Waals surface area contributed by atoms with Crippen molar-refractivity contribution in [2.24, 2.45) is 0 Å². The van der Waals surface area contributed by atoms with Gasteiger partial charge in [0.05, 0.1) is 11.4 Å². The third-order valence-corrected chi connectivity index (χ3v) is 4.14. The van der Waals surface area contributed by atoms with Crippen LogP contribution in [0, 0.1) is 13.8 Å². The van der Waals surface area contributed by atoms with Gasteiger partial charge in [0, 0.05) is 0 Å². The number of rotatable bonds is 5. The second-order valence-corrected chi connectivity index (χ2v) is 5.27. The van der Waals surface area contributed by atoms with Crippen LogP contribution in [-0.4, -0.2) is 32.1 Å². The molecule has 0 atom stereocenters.